The summed E-state index contributed by atoms with van der Waals surface area (Å²) in [6.45, 7) is 0. The van der Waals surface area contributed by atoms with Gasteiger partial charge in [0, 0.05) is 22.1 Å². The van der Waals surface area contributed by atoms with Crippen LogP contribution in [0.2, 0.25) is 5.02 Å². The number of benzene rings is 2. The highest BCUT2D eigenvalue weighted by molar-refractivity contribution is 6.32. The SMILES string of the molecule is COC(=O)Cc1cccc(-c2cc3cc(Cl)cc(NC4CCCC4)c3[nH]2)c1. The third-order valence-electron chi connectivity index (χ3n) is 5.22. The Labute approximate surface area is 163 Å². The fourth-order valence-electron chi connectivity index (χ4n) is 3.85. The van der Waals surface area contributed by atoms with Crippen molar-refractivity contribution in [1.82, 2.24) is 4.98 Å². The van der Waals surface area contributed by atoms with E-state index in [2.05, 4.69) is 16.4 Å². The highest BCUT2D eigenvalue weighted by Gasteiger charge is 2.17. The zero-order valence-corrected chi connectivity index (χ0v) is 16.1. The minimum absolute atomic E-state index is 0.237. The lowest BCUT2D eigenvalue weighted by atomic mass is 10.1. The molecule has 0 spiro atoms. The topological polar surface area (TPSA) is 54.1 Å². The molecule has 0 radical (unpaired) electrons. The van der Waals surface area contributed by atoms with Crippen molar-refractivity contribution in [1.29, 1.82) is 0 Å². The van der Waals surface area contributed by atoms with Gasteiger partial charge in [-0.3, -0.25) is 4.79 Å². The molecule has 4 rings (SSSR count). The predicted molar refractivity (Wildman–Crippen MR) is 110 cm³/mol. The van der Waals surface area contributed by atoms with Crippen LogP contribution in [-0.2, 0) is 16.0 Å². The van der Waals surface area contributed by atoms with Gasteiger partial charge >= 0.3 is 5.97 Å². The van der Waals surface area contributed by atoms with Crippen molar-refractivity contribution in [2.75, 3.05) is 12.4 Å². The molecule has 0 aliphatic heterocycles. The summed E-state index contributed by atoms with van der Waals surface area (Å²) >= 11 is 6.36. The Morgan fingerprint density at radius 1 is 1.22 bits per heavy atom. The minimum atomic E-state index is -0.237. The molecule has 0 atom stereocenters. The van der Waals surface area contributed by atoms with Gasteiger partial charge in [0.15, 0.2) is 0 Å². The highest BCUT2D eigenvalue weighted by atomic mass is 35.5. The van der Waals surface area contributed by atoms with Gasteiger partial charge in [0.2, 0.25) is 0 Å². The largest absolute Gasteiger partial charge is 0.469 e. The number of fused-ring (bicyclic) bond motifs is 1. The number of aromatic amines is 1. The molecule has 4 nitrogen and oxygen atoms in total. The maximum absolute atomic E-state index is 11.6. The van der Waals surface area contributed by atoms with Crippen LogP contribution in [0.15, 0.2) is 42.5 Å². The molecule has 0 saturated heterocycles. The molecule has 0 unspecified atom stereocenters. The van der Waals surface area contributed by atoms with E-state index in [1.807, 2.05) is 36.4 Å². The van der Waals surface area contributed by atoms with Crippen LogP contribution in [0.3, 0.4) is 0 Å². The van der Waals surface area contributed by atoms with Gasteiger partial charge in [0.05, 0.1) is 24.7 Å². The first kappa shape index (κ1) is 17.9. The van der Waals surface area contributed by atoms with Crippen LogP contribution in [0.25, 0.3) is 22.2 Å². The second-order valence-electron chi connectivity index (χ2n) is 7.18. The summed E-state index contributed by atoms with van der Waals surface area (Å²) in [4.78, 5) is 15.1. The quantitative estimate of drug-likeness (QED) is 0.568. The van der Waals surface area contributed by atoms with Gasteiger partial charge in [-0.1, -0.05) is 42.6 Å². The molecule has 0 bridgehead atoms. The van der Waals surface area contributed by atoms with Gasteiger partial charge in [-0.15, -0.1) is 0 Å². The number of esters is 1. The monoisotopic (exact) mass is 382 g/mol. The lowest BCUT2D eigenvalue weighted by Crippen LogP contribution is -2.14. The van der Waals surface area contributed by atoms with Crippen molar-refractivity contribution in [3.8, 4) is 11.3 Å². The smallest absolute Gasteiger partial charge is 0.309 e. The zero-order valence-electron chi connectivity index (χ0n) is 15.3. The molecule has 2 aromatic carbocycles. The van der Waals surface area contributed by atoms with E-state index in [4.69, 9.17) is 16.3 Å². The number of carbonyl (C=O) groups is 1. The Bertz CT molecular complexity index is 974. The van der Waals surface area contributed by atoms with E-state index in [0.717, 1.165) is 38.4 Å². The van der Waals surface area contributed by atoms with E-state index in [0.29, 0.717) is 6.04 Å². The van der Waals surface area contributed by atoms with E-state index in [1.54, 1.807) is 0 Å². The van der Waals surface area contributed by atoms with Crippen molar-refractivity contribution in [3.63, 3.8) is 0 Å². The number of hydrogen-bond donors (Lipinski definition) is 2. The number of H-pyrrole nitrogens is 1. The number of rotatable bonds is 5. The highest BCUT2D eigenvalue weighted by Crippen LogP contribution is 2.34. The molecule has 0 amide bonds. The number of nitrogens with one attached hydrogen (secondary N) is 2. The summed E-state index contributed by atoms with van der Waals surface area (Å²) in [5.74, 6) is -0.237. The van der Waals surface area contributed by atoms with Crippen molar-refractivity contribution in [2.45, 2.75) is 38.1 Å². The first-order valence-electron chi connectivity index (χ1n) is 9.37. The molecule has 1 aliphatic carbocycles. The summed E-state index contributed by atoms with van der Waals surface area (Å²) < 4.78 is 4.77. The molecule has 5 heteroatoms. The third kappa shape index (κ3) is 3.96. The maximum Gasteiger partial charge on any atom is 0.309 e. The lowest BCUT2D eigenvalue weighted by Gasteiger charge is -2.14. The molecule has 1 saturated carbocycles. The standard InChI is InChI=1S/C22H23ClN2O2/c1-27-21(26)10-14-5-4-6-15(9-14)19-12-16-11-17(23)13-20(22(16)25-19)24-18-7-2-3-8-18/h4-6,9,11-13,18,24-25H,2-3,7-8,10H2,1H3. The Kier molecular flexibility index (Phi) is 5.08. The second-order valence-corrected chi connectivity index (χ2v) is 7.62. The van der Waals surface area contributed by atoms with E-state index in [1.165, 1.54) is 32.8 Å². The lowest BCUT2D eigenvalue weighted by molar-refractivity contribution is -0.139. The minimum Gasteiger partial charge on any atom is -0.469 e. The Hall–Kier alpha value is -2.46. The average molecular weight is 383 g/mol. The van der Waals surface area contributed by atoms with E-state index in [9.17, 15) is 4.79 Å². The second kappa shape index (κ2) is 7.65. The Balaban J connectivity index is 1.69. The molecule has 1 heterocycles. The summed E-state index contributed by atoms with van der Waals surface area (Å²) in [6.07, 6.45) is 5.24. The van der Waals surface area contributed by atoms with Gasteiger partial charge in [0.1, 0.15) is 0 Å². The van der Waals surface area contributed by atoms with Crippen molar-refractivity contribution in [3.05, 3.63) is 53.1 Å². The first-order valence-corrected chi connectivity index (χ1v) is 9.75. The van der Waals surface area contributed by atoms with Crippen LogP contribution in [0.5, 0.6) is 0 Å². The van der Waals surface area contributed by atoms with Crippen molar-refractivity contribution < 1.29 is 9.53 Å². The third-order valence-corrected chi connectivity index (χ3v) is 5.44. The summed E-state index contributed by atoms with van der Waals surface area (Å²) in [5, 5.41) is 5.47. The number of carbonyl (C=O) groups excluding carboxylic acids is 1. The fourth-order valence-corrected chi connectivity index (χ4v) is 4.08. The Morgan fingerprint density at radius 2 is 2.04 bits per heavy atom. The van der Waals surface area contributed by atoms with Gasteiger partial charge in [-0.05, 0) is 48.2 Å². The van der Waals surface area contributed by atoms with Crippen molar-refractivity contribution in [2.24, 2.45) is 0 Å². The summed E-state index contributed by atoms with van der Waals surface area (Å²) in [5.41, 5.74) is 5.10. The van der Waals surface area contributed by atoms with E-state index < -0.39 is 0 Å². The van der Waals surface area contributed by atoms with Crippen molar-refractivity contribution >= 4 is 34.2 Å². The maximum atomic E-state index is 11.6. The predicted octanol–water partition coefficient (Wildman–Crippen LogP) is 5.56. The van der Waals surface area contributed by atoms with Crippen LogP contribution in [0, 0.1) is 0 Å². The van der Waals surface area contributed by atoms with Crippen LogP contribution < -0.4 is 5.32 Å². The molecule has 3 aromatic rings. The van der Waals surface area contributed by atoms with Crippen LogP contribution in [0.4, 0.5) is 5.69 Å². The number of aromatic nitrogens is 1. The van der Waals surface area contributed by atoms with Gasteiger partial charge < -0.3 is 15.0 Å². The van der Waals surface area contributed by atoms with Crippen LogP contribution in [-0.4, -0.2) is 24.1 Å². The number of ether oxygens (including phenoxy) is 1. The normalized spacial score (nSPS) is 14.6. The van der Waals surface area contributed by atoms with Crippen LogP contribution >= 0.6 is 11.6 Å². The van der Waals surface area contributed by atoms with Gasteiger partial charge in [-0.25, -0.2) is 0 Å². The fraction of sp³-hybridized carbons (Fsp3) is 0.318. The van der Waals surface area contributed by atoms with Gasteiger partial charge in [-0.2, -0.15) is 0 Å². The molecule has 27 heavy (non-hydrogen) atoms. The molecule has 140 valence electrons. The summed E-state index contributed by atoms with van der Waals surface area (Å²) in [6, 6.07) is 14.6. The molecular formula is C22H23ClN2O2. The summed E-state index contributed by atoms with van der Waals surface area (Å²) in [7, 11) is 1.41. The van der Waals surface area contributed by atoms with Gasteiger partial charge in [0.25, 0.3) is 0 Å². The zero-order chi connectivity index (χ0) is 18.8. The number of halogens is 1. The molecule has 1 fully saturated rings. The Morgan fingerprint density at radius 3 is 2.81 bits per heavy atom. The molecule has 1 aromatic heterocycles. The van der Waals surface area contributed by atoms with E-state index >= 15 is 0 Å². The molecule has 1 aliphatic rings. The van der Waals surface area contributed by atoms with Crippen LogP contribution in [0.1, 0.15) is 31.2 Å². The number of anilines is 1. The molecule has 2 N–H and O–H groups in total. The average Bonchev–Trinajstić information content (AvgIpc) is 3.31. The first-order chi connectivity index (χ1) is 13.1. The molecular weight excluding hydrogens is 360 g/mol. The van der Waals surface area contributed by atoms with E-state index in [-0.39, 0.29) is 12.4 Å². The number of hydrogen-bond acceptors (Lipinski definition) is 3. The number of methoxy groups -OCH3 is 1.